The Balaban J connectivity index is 1.31. The Hall–Kier alpha value is -3.34. The fraction of sp³-hybridized carbons (Fsp3) is 0.345. The summed E-state index contributed by atoms with van der Waals surface area (Å²) in [6.45, 7) is 1.99. The Morgan fingerprint density at radius 1 is 1.03 bits per heavy atom. The van der Waals surface area contributed by atoms with E-state index in [-0.39, 0.29) is 11.8 Å². The summed E-state index contributed by atoms with van der Waals surface area (Å²) >= 11 is 1.72. The molecule has 3 aliphatic heterocycles. The van der Waals surface area contributed by atoms with E-state index in [1.807, 2.05) is 55.5 Å². The number of nitrogens with zero attached hydrogens (tertiary/aromatic N) is 2. The highest BCUT2D eigenvalue weighted by molar-refractivity contribution is 7.99. The van der Waals surface area contributed by atoms with Crippen LogP contribution in [-0.2, 0) is 14.3 Å². The SMILES string of the molecule is COc1ccc(SCC[C@@]23CC[C@@](C)(O2)[C@H]2C(=O)N(c4ccc(C#N)c5ccccc45)C(=O)[C@H]23)cc1. The average molecular weight is 499 g/mol. The van der Waals surface area contributed by atoms with Crippen molar-refractivity contribution >= 4 is 40.0 Å². The molecule has 0 aromatic heterocycles. The zero-order valence-electron chi connectivity index (χ0n) is 20.2. The van der Waals surface area contributed by atoms with Gasteiger partial charge in [0, 0.05) is 21.4 Å². The zero-order chi connectivity index (χ0) is 25.1. The molecule has 2 amide bonds. The van der Waals surface area contributed by atoms with E-state index in [2.05, 4.69) is 6.07 Å². The van der Waals surface area contributed by atoms with Gasteiger partial charge in [-0.15, -0.1) is 11.8 Å². The minimum atomic E-state index is -0.640. The normalized spacial score (nSPS) is 28.5. The number of fused-ring (bicyclic) bond motifs is 6. The van der Waals surface area contributed by atoms with E-state index in [1.165, 1.54) is 4.90 Å². The van der Waals surface area contributed by atoms with E-state index in [0.717, 1.165) is 40.0 Å². The predicted octanol–water partition coefficient (Wildman–Crippen LogP) is 5.33. The first-order valence-corrected chi connectivity index (χ1v) is 13.2. The monoisotopic (exact) mass is 498 g/mol. The number of carbonyl (C=O) groups excluding carboxylic acids is 2. The summed E-state index contributed by atoms with van der Waals surface area (Å²) in [5.41, 5.74) is -0.196. The highest BCUT2D eigenvalue weighted by Gasteiger charge is 2.73. The van der Waals surface area contributed by atoms with Gasteiger partial charge >= 0.3 is 0 Å². The molecular weight excluding hydrogens is 472 g/mol. The van der Waals surface area contributed by atoms with E-state index < -0.39 is 23.0 Å². The Labute approximate surface area is 214 Å². The van der Waals surface area contributed by atoms with Gasteiger partial charge in [-0.2, -0.15) is 5.26 Å². The largest absolute Gasteiger partial charge is 0.497 e. The number of ether oxygens (including phenoxy) is 2. The molecule has 3 aromatic carbocycles. The van der Waals surface area contributed by atoms with Gasteiger partial charge in [0.25, 0.3) is 0 Å². The van der Waals surface area contributed by atoms with Crippen molar-refractivity contribution < 1.29 is 19.1 Å². The van der Waals surface area contributed by atoms with Crippen LogP contribution in [-0.4, -0.2) is 35.9 Å². The summed E-state index contributed by atoms with van der Waals surface area (Å²) in [6, 6.07) is 21.0. The van der Waals surface area contributed by atoms with Crippen LogP contribution >= 0.6 is 11.8 Å². The standard InChI is InChI=1S/C29H26N2O4S/c1-28-13-14-29(35-28,15-16-36-20-10-8-19(34-2)9-11-20)25-24(28)26(32)31(27(25)33)23-12-7-18(17-30)21-5-3-4-6-22(21)23/h3-12,24-25H,13-16H2,1-2H3/t24-,25+,28-,29-/m1/s1. The lowest BCUT2D eigenvalue weighted by molar-refractivity contribution is -0.130. The van der Waals surface area contributed by atoms with Crippen molar-refractivity contribution in [3.8, 4) is 11.8 Å². The number of thioether (sulfide) groups is 1. The van der Waals surface area contributed by atoms with Crippen LogP contribution in [0.2, 0.25) is 0 Å². The molecule has 0 radical (unpaired) electrons. The van der Waals surface area contributed by atoms with Crippen LogP contribution in [0.1, 0.15) is 31.7 Å². The molecule has 3 saturated heterocycles. The number of amides is 2. The molecule has 0 aliphatic carbocycles. The minimum Gasteiger partial charge on any atom is -0.497 e. The number of benzene rings is 3. The van der Waals surface area contributed by atoms with Gasteiger partial charge in [0.05, 0.1) is 47.5 Å². The van der Waals surface area contributed by atoms with Gasteiger partial charge in [-0.1, -0.05) is 24.3 Å². The van der Waals surface area contributed by atoms with E-state index in [0.29, 0.717) is 17.7 Å². The lowest BCUT2D eigenvalue weighted by Gasteiger charge is -2.31. The van der Waals surface area contributed by atoms with Crippen LogP contribution in [0.5, 0.6) is 5.75 Å². The first-order valence-electron chi connectivity index (χ1n) is 12.2. The van der Waals surface area contributed by atoms with Crippen molar-refractivity contribution in [3.05, 3.63) is 66.2 Å². The lowest BCUT2D eigenvalue weighted by Crippen LogP contribution is -2.42. The molecule has 4 atom stereocenters. The molecule has 0 spiro atoms. The third-order valence-corrected chi connectivity index (χ3v) is 9.14. The van der Waals surface area contributed by atoms with Gasteiger partial charge in [0.1, 0.15) is 5.75 Å². The molecule has 3 aromatic rings. The van der Waals surface area contributed by atoms with Gasteiger partial charge in [0.15, 0.2) is 0 Å². The molecule has 0 saturated carbocycles. The Bertz CT molecular complexity index is 1430. The molecule has 3 aliphatic rings. The summed E-state index contributed by atoms with van der Waals surface area (Å²) in [5, 5.41) is 11.0. The smallest absolute Gasteiger partial charge is 0.240 e. The van der Waals surface area contributed by atoms with Crippen LogP contribution in [0.15, 0.2) is 65.6 Å². The molecule has 36 heavy (non-hydrogen) atoms. The van der Waals surface area contributed by atoms with E-state index in [1.54, 1.807) is 31.0 Å². The number of imide groups is 1. The van der Waals surface area contributed by atoms with Crippen molar-refractivity contribution in [2.75, 3.05) is 17.8 Å². The third-order valence-electron chi connectivity index (χ3n) is 8.13. The van der Waals surface area contributed by atoms with Crippen LogP contribution in [0, 0.1) is 23.2 Å². The number of methoxy groups -OCH3 is 1. The van der Waals surface area contributed by atoms with Gasteiger partial charge in [-0.05, 0) is 62.6 Å². The van der Waals surface area contributed by atoms with Gasteiger partial charge < -0.3 is 9.47 Å². The van der Waals surface area contributed by atoms with Crippen molar-refractivity contribution in [1.82, 2.24) is 0 Å². The van der Waals surface area contributed by atoms with E-state index in [9.17, 15) is 14.9 Å². The fourth-order valence-electron chi connectivity index (χ4n) is 6.44. The predicted molar refractivity (Wildman–Crippen MR) is 138 cm³/mol. The maximum atomic E-state index is 14.0. The molecule has 182 valence electrons. The highest BCUT2D eigenvalue weighted by atomic mass is 32.2. The molecule has 3 fully saturated rings. The second-order valence-corrected chi connectivity index (χ2v) is 11.2. The maximum absolute atomic E-state index is 14.0. The van der Waals surface area contributed by atoms with Crippen molar-refractivity contribution in [1.29, 1.82) is 5.26 Å². The Kier molecular flexibility index (Phi) is 5.36. The van der Waals surface area contributed by atoms with Crippen LogP contribution in [0.25, 0.3) is 10.8 Å². The first-order chi connectivity index (χ1) is 17.4. The average Bonchev–Trinajstić information content (AvgIpc) is 3.48. The summed E-state index contributed by atoms with van der Waals surface area (Å²) in [4.78, 5) is 30.3. The Morgan fingerprint density at radius 2 is 1.75 bits per heavy atom. The topological polar surface area (TPSA) is 79.6 Å². The molecule has 0 unspecified atom stereocenters. The number of carbonyl (C=O) groups is 2. The second kappa shape index (κ2) is 8.36. The quantitative estimate of drug-likeness (QED) is 0.338. The van der Waals surface area contributed by atoms with Crippen molar-refractivity contribution in [3.63, 3.8) is 0 Å². The molecule has 7 heteroatoms. The summed E-state index contributed by atoms with van der Waals surface area (Å²) in [5.74, 6) is 0.252. The summed E-state index contributed by atoms with van der Waals surface area (Å²) in [7, 11) is 1.65. The fourth-order valence-corrected chi connectivity index (χ4v) is 7.45. The van der Waals surface area contributed by atoms with Crippen LogP contribution < -0.4 is 9.64 Å². The van der Waals surface area contributed by atoms with Crippen LogP contribution in [0.4, 0.5) is 5.69 Å². The molecular formula is C29H26N2O4S. The van der Waals surface area contributed by atoms with Gasteiger partial charge in [0.2, 0.25) is 11.8 Å². The number of nitriles is 1. The minimum absolute atomic E-state index is 0.183. The van der Waals surface area contributed by atoms with Gasteiger partial charge in [-0.3, -0.25) is 9.59 Å². The van der Waals surface area contributed by atoms with E-state index >= 15 is 0 Å². The highest BCUT2D eigenvalue weighted by Crippen LogP contribution is 2.62. The summed E-state index contributed by atoms with van der Waals surface area (Å²) in [6.07, 6.45) is 2.23. The van der Waals surface area contributed by atoms with Crippen molar-refractivity contribution in [2.45, 2.75) is 42.3 Å². The molecule has 3 heterocycles. The number of anilines is 1. The van der Waals surface area contributed by atoms with Crippen LogP contribution in [0.3, 0.4) is 0 Å². The molecule has 0 N–H and O–H groups in total. The number of rotatable bonds is 6. The third kappa shape index (κ3) is 3.28. The molecule has 2 bridgehead atoms. The zero-order valence-corrected chi connectivity index (χ0v) is 21.0. The lowest BCUT2D eigenvalue weighted by atomic mass is 9.67. The number of hydrogen-bond donors (Lipinski definition) is 0. The maximum Gasteiger partial charge on any atom is 0.240 e. The van der Waals surface area contributed by atoms with Gasteiger partial charge in [-0.25, -0.2) is 4.90 Å². The summed E-state index contributed by atoms with van der Waals surface area (Å²) < 4.78 is 11.8. The Morgan fingerprint density at radius 3 is 2.47 bits per heavy atom. The van der Waals surface area contributed by atoms with Crippen molar-refractivity contribution in [2.24, 2.45) is 11.8 Å². The number of hydrogen-bond acceptors (Lipinski definition) is 6. The molecule has 6 rings (SSSR count). The van der Waals surface area contributed by atoms with E-state index in [4.69, 9.17) is 9.47 Å². The first kappa shape index (κ1) is 23.1. The second-order valence-electron chi connectivity index (χ2n) is 10.0. The molecule has 6 nitrogen and oxygen atoms in total.